The molecule has 0 radical (unpaired) electrons. The van der Waals surface area contributed by atoms with E-state index >= 15 is 0 Å². The van der Waals surface area contributed by atoms with Gasteiger partial charge in [-0.05, 0) is 12.1 Å². The van der Waals surface area contributed by atoms with Gasteiger partial charge in [-0.2, -0.15) is 0 Å². The summed E-state index contributed by atoms with van der Waals surface area (Å²) < 4.78 is 14.4. The fraction of sp³-hybridized carbons (Fsp3) is 0.167. The van der Waals surface area contributed by atoms with E-state index in [4.69, 9.17) is 14.2 Å². The van der Waals surface area contributed by atoms with E-state index in [1.54, 1.807) is 12.1 Å². The van der Waals surface area contributed by atoms with Crippen molar-refractivity contribution in [1.29, 1.82) is 0 Å². The van der Waals surface area contributed by atoms with Crippen molar-refractivity contribution in [3.8, 4) is 0 Å². The number of benzene rings is 2. The lowest BCUT2D eigenvalue weighted by Crippen LogP contribution is -2.15. The molecule has 0 amide bonds. The maximum Gasteiger partial charge on any atom is 0.340 e. The summed E-state index contributed by atoms with van der Waals surface area (Å²) in [4.78, 5) is 39.9. The molecule has 1 N–H and O–H groups in total. The largest absolute Gasteiger partial charge is 0.465 e. The number of carbonyl (C=O) groups is 3. The number of aromatic nitrogens is 1. The lowest BCUT2D eigenvalue weighted by atomic mass is 9.97. The zero-order valence-corrected chi connectivity index (χ0v) is 13.8. The third kappa shape index (κ3) is 2.50. The molecule has 0 aliphatic rings. The Kier molecular flexibility index (Phi) is 4.14. The van der Waals surface area contributed by atoms with E-state index < -0.39 is 17.9 Å². The summed E-state index contributed by atoms with van der Waals surface area (Å²) in [7, 11) is 3.65. The second-order valence-electron chi connectivity index (χ2n) is 5.24. The Bertz CT molecular complexity index is 1020. The Labute approximate surface area is 142 Å². The highest BCUT2D eigenvalue weighted by atomic mass is 16.5. The third-order valence-corrected chi connectivity index (χ3v) is 3.98. The van der Waals surface area contributed by atoms with Gasteiger partial charge in [0, 0.05) is 16.3 Å². The number of rotatable bonds is 3. The van der Waals surface area contributed by atoms with Crippen LogP contribution in [0.4, 0.5) is 0 Å². The summed E-state index contributed by atoms with van der Waals surface area (Å²) in [6.45, 7) is 0. The summed E-state index contributed by atoms with van der Waals surface area (Å²) >= 11 is 0. The van der Waals surface area contributed by atoms with Crippen LogP contribution in [-0.2, 0) is 14.2 Å². The summed E-state index contributed by atoms with van der Waals surface area (Å²) in [5, 5.41) is 1.20. The predicted octanol–water partition coefficient (Wildman–Crippen LogP) is 2.68. The molecule has 0 bridgehead atoms. The molecule has 7 heteroatoms. The highest BCUT2D eigenvalue weighted by Gasteiger charge is 2.28. The Morgan fingerprint density at radius 2 is 1.44 bits per heavy atom. The van der Waals surface area contributed by atoms with Gasteiger partial charge in [0.1, 0.15) is 0 Å². The first-order chi connectivity index (χ1) is 12.0. The van der Waals surface area contributed by atoms with Gasteiger partial charge in [0.25, 0.3) is 0 Å². The van der Waals surface area contributed by atoms with Crippen LogP contribution in [-0.4, -0.2) is 44.2 Å². The van der Waals surface area contributed by atoms with Crippen LogP contribution < -0.4 is 0 Å². The molecule has 0 aliphatic heterocycles. The summed E-state index contributed by atoms with van der Waals surface area (Å²) in [6.07, 6.45) is 0. The molecule has 1 heterocycles. The van der Waals surface area contributed by atoms with Gasteiger partial charge in [0.2, 0.25) is 0 Å². The van der Waals surface area contributed by atoms with Crippen molar-refractivity contribution < 1.29 is 28.6 Å². The molecule has 0 unspecified atom stereocenters. The number of H-pyrrole nitrogens is 1. The van der Waals surface area contributed by atoms with Crippen molar-refractivity contribution in [1.82, 2.24) is 4.98 Å². The highest BCUT2D eigenvalue weighted by molar-refractivity contribution is 6.23. The van der Waals surface area contributed by atoms with Crippen LogP contribution in [0.2, 0.25) is 0 Å². The van der Waals surface area contributed by atoms with Crippen LogP contribution in [0.1, 0.15) is 31.1 Å². The van der Waals surface area contributed by atoms with Gasteiger partial charge in [-0.3, -0.25) is 0 Å². The molecule has 3 aromatic rings. The van der Waals surface area contributed by atoms with Crippen LogP contribution in [0, 0.1) is 0 Å². The van der Waals surface area contributed by atoms with Crippen molar-refractivity contribution in [2.75, 3.05) is 21.3 Å². The van der Waals surface area contributed by atoms with E-state index in [0.717, 1.165) is 5.39 Å². The van der Waals surface area contributed by atoms with Crippen LogP contribution in [0.5, 0.6) is 0 Å². The van der Waals surface area contributed by atoms with Gasteiger partial charge in [0.15, 0.2) is 0 Å². The molecule has 0 atom stereocenters. The average molecular weight is 341 g/mol. The summed E-state index contributed by atoms with van der Waals surface area (Å²) in [5.41, 5.74) is 1.11. The van der Waals surface area contributed by atoms with Gasteiger partial charge in [-0.25, -0.2) is 14.4 Å². The fourth-order valence-electron chi connectivity index (χ4n) is 2.89. The van der Waals surface area contributed by atoms with E-state index in [2.05, 4.69) is 4.98 Å². The number of methoxy groups -OCH3 is 3. The zero-order chi connectivity index (χ0) is 18.1. The molecule has 0 aliphatic carbocycles. The first-order valence-electron chi connectivity index (χ1n) is 7.35. The smallest absolute Gasteiger partial charge is 0.340 e. The molecule has 0 fully saturated rings. The lowest BCUT2D eigenvalue weighted by Gasteiger charge is -2.11. The normalized spacial score (nSPS) is 10.7. The Morgan fingerprint density at radius 3 is 2.08 bits per heavy atom. The minimum Gasteiger partial charge on any atom is -0.465 e. The van der Waals surface area contributed by atoms with Gasteiger partial charge < -0.3 is 19.2 Å². The Morgan fingerprint density at radius 1 is 0.840 bits per heavy atom. The maximum absolute atomic E-state index is 12.3. The number of hydrogen-bond acceptors (Lipinski definition) is 6. The van der Waals surface area contributed by atoms with Gasteiger partial charge in [-0.1, -0.05) is 18.2 Å². The maximum atomic E-state index is 12.3. The number of hydrogen-bond donors (Lipinski definition) is 1. The SMILES string of the molecule is COC(=O)c1cc(C(=O)OC)c2c([nH]c3ccccc32)c1C(=O)OC. The van der Waals surface area contributed by atoms with Gasteiger partial charge >= 0.3 is 17.9 Å². The van der Waals surface area contributed by atoms with Crippen LogP contribution in [0.25, 0.3) is 21.8 Å². The van der Waals surface area contributed by atoms with Crippen LogP contribution in [0.15, 0.2) is 30.3 Å². The zero-order valence-electron chi connectivity index (χ0n) is 13.8. The van der Waals surface area contributed by atoms with Gasteiger partial charge in [-0.15, -0.1) is 0 Å². The Hall–Kier alpha value is -3.35. The summed E-state index contributed by atoms with van der Waals surface area (Å²) in [6, 6.07) is 8.53. The minimum atomic E-state index is -0.758. The molecular formula is C18H15NO6. The second kappa shape index (κ2) is 6.27. The average Bonchev–Trinajstić information content (AvgIpc) is 3.04. The number of aromatic amines is 1. The van der Waals surface area contributed by atoms with E-state index in [1.807, 2.05) is 12.1 Å². The number of para-hydroxylation sites is 1. The van der Waals surface area contributed by atoms with Crippen LogP contribution >= 0.6 is 0 Å². The van der Waals surface area contributed by atoms with Crippen LogP contribution in [0.3, 0.4) is 0 Å². The minimum absolute atomic E-state index is 0.00760. The topological polar surface area (TPSA) is 94.7 Å². The number of ether oxygens (including phenoxy) is 3. The first kappa shape index (κ1) is 16.5. The number of nitrogens with one attached hydrogen (secondary N) is 1. The number of esters is 3. The monoisotopic (exact) mass is 341 g/mol. The van der Waals surface area contributed by atoms with Gasteiger partial charge in [0.05, 0.1) is 43.5 Å². The standard InChI is InChI=1S/C18H15NO6/c1-23-16(20)10-8-11(17(21)24-2)14(18(22)25-3)15-13(10)9-6-4-5-7-12(9)19-15/h4-8,19H,1-3H3. The molecule has 1 aromatic heterocycles. The second-order valence-corrected chi connectivity index (χ2v) is 5.24. The number of carbonyl (C=O) groups excluding carboxylic acids is 3. The fourth-order valence-corrected chi connectivity index (χ4v) is 2.89. The van der Waals surface area contributed by atoms with Crippen molar-refractivity contribution in [3.63, 3.8) is 0 Å². The lowest BCUT2D eigenvalue weighted by molar-refractivity contribution is 0.0555. The molecule has 0 saturated carbocycles. The van der Waals surface area contributed by atoms with Crippen molar-refractivity contribution in [3.05, 3.63) is 47.0 Å². The van der Waals surface area contributed by atoms with E-state index in [1.165, 1.54) is 27.4 Å². The molecule has 128 valence electrons. The first-order valence-corrected chi connectivity index (χ1v) is 7.35. The van der Waals surface area contributed by atoms with E-state index in [-0.39, 0.29) is 16.7 Å². The predicted molar refractivity (Wildman–Crippen MR) is 89.8 cm³/mol. The summed E-state index contributed by atoms with van der Waals surface area (Å²) in [5.74, 6) is -2.10. The molecule has 0 saturated heterocycles. The molecule has 25 heavy (non-hydrogen) atoms. The third-order valence-electron chi connectivity index (χ3n) is 3.98. The molecule has 3 rings (SSSR count). The van der Waals surface area contributed by atoms with E-state index in [9.17, 15) is 14.4 Å². The quantitative estimate of drug-likeness (QED) is 0.581. The molecular weight excluding hydrogens is 326 g/mol. The van der Waals surface area contributed by atoms with Crippen molar-refractivity contribution >= 4 is 39.7 Å². The molecule has 0 spiro atoms. The highest BCUT2D eigenvalue weighted by Crippen LogP contribution is 2.34. The van der Waals surface area contributed by atoms with E-state index in [0.29, 0.717) is 16.4 Å². The van der Waals surface area contributed by atoms with Crippen molar-refractivity contribution in [2.45, 2.75) is 0 Å². The molecule has 7 nitrogen and oxygen atoms in total. The Balaban J connectivity index is 2.55. The molecule has 2 aromatic carbocycles. The van der Waals surface area contributed by atoms with Crippen molar-refractivity contribution in [2.24, 2.45) is 0 Å². The number of fused-ring (bicyclic) bond motifs is 3.